The number of hydrogen-bond acceptors (Lipinski definition) is 3. The van der Waals surface area contributed by atoms with Gasteiger partial charge < -0.3 is 14.7 Å². The van der Waals surface area contributed by atoms with Crippen LogP contribution in [0.25, 0.3) is 0 Å². The van der Waals surface area contributed by atoms with E-state index < -0.39 is 5.97 Å². The van der Waals surface area contributed by atoms with E-state index in [2.05, 4.69) is 4.90 Å². The number of likely N-dealkylation sites (tertiary alicyclic amines) is 1. The molecule has 2 fully saturated rings. The van der Waals surface area contributed by atoms with Gasteiger partial charge in [-0.3, -0.25) is 4.79 Å². The molecule has 18 heavy (non-hydrogen) atoms. The molecule has 0 unspecified atom stereocenters. The first-order valence-corrected chi connectivity index (χ1v) is 7.33. The molecule has 0 aromatic rings. The third-order valence-electron chi connectivity index (χ3n) is 4.24. The fourth-order valence-corrected chi connectivity index (χ4v) is 3.17. The van der Waals surface area contributed by atoms with Crippen LogP contribution in [0.4, 0.5) is 0 Å². The van der Waals surface area contributed by atoms with E-state index in [1.54, 1.807) is 0 Å². The van der Waals surface area contributed by atoms with E-state index in [0.29, 0.717) is 6.61 Å². The summed E-state index contributed by atoms with van der Waals surface area (Å²) in [7, 11) is 0. The molecule has 1 aliphatic carbocycles. The molecule has 4 nitrogen and oxygen atoms in total. The van der Waals surface area contributed by atoms with Crippen LogP contribution in [0, 0.1) is 0 Å². The molecule has 0 bridgehead atoms. The fraction of sp³-hybridized carbons (Fsp3) is 0.929. The molecular weight excluding hydrogens is 230 g/mol. The third kappa shape index (κ3) is 4.25. The van der Waals surface area contributed by atoms with Crippen LogP contribution in [0.5, 0.6) is 0 Å². The van der Waals surface area contributed by atoms with Gasteiger partial charge in [0.2, 0.25) is 0 Å². The number of rotatable bonds is 5. The van der Waals surface area contributed by atoms with Gasteiger partial charge in [0.25, 0.3) is 0 Å². The number of aliphatic carboxylic acids is 1. The van der Waals surface area contributed by atoms with Crippen molar-refractivity contribution in [3.05, 3.63) is 0 Å². The minimum atomic E-state index is -0.769. The Morgan fingerprint density at radius 2 is 1.78 bits per heavy atom. The van der Waals surface area contributed by atoms with Crippen molar-refractivity contribution in [2.24, 2.45) is 0 Å². The zero-order valence-corrected chi connectivity index (χ0v) is 11.1. The SMILES string of the molecule is O=C(O)CCOC1CCN(C2CCCCC2)CC1. The molecule has 0 amide bonds. The molecule has 0 radical (unpaired) electrons. The number of carboxylic acid groups (broad SMARTS) is 1. The molecule has 104 valence electrons. The van der Waals surface area contributed by atoms with Gasteiger partial charge in [0.15, 0.2) is 0 Å². The van der Waals surface area contributed by atoms with Gasteiger partial charge in [-0.2, -0.15) is 0 Å². The summed E-state index contributed by atoms with van der Waals surface area (Å²) in [6.07, 6.45) is 9.46. The van der Waals surface area contributed by atoms with Gasteiger partial charge in [-0.25, -0.2) is 0 Å². The highest BCUT2D eigenvalue weighted by Crippen LogP contribution is 2.25. The zero-order valence-electron chi connectivity index (χ0n) is 11.1. The van der Waals surface area contributed by atoms with Crippen LogP contribution >= 0.6 is 0 Å². The second-order valence-electron chi connectivity index (χ2n) is 5.54. The van der Waals surface area contributed by atoms with E-state index in [-0.39, 0.29) is 12.5 Å². The first-order chi connectivity index (χ1) is 8.75. The Bertz CT molecular complexity index is 256. The molecule has 0 spiro atoms. The van der Waals surface area contributed by atoms with Crippen molar-refractivity contribution in [1.29, 1.82) is 0 Å². The molecule has 2 aliphatic rings. The molecule has 1 heterocycles. The maximum absolute atomic E-state index is 10.4. The minimum absolute atomic E-state index is 0.128. The topological polar surface area (TPSA) is 49.8 Å². The summed E-state index contributed by atoms with van der Waals surface area (Å²) in [5, 5.41) is 8.57. The second kappa shape index (κ2) is 7.10. The van der Waals surface area contributed by atoms with Crippen molar-refractivity contribution in [3.63, 3.8) is 0 Å². The summed E-state index contributed by atoms with van der Waals surface area (Å²) in [5.74, 6) is -0.769. The van der Waals surface area contributed by atoms with Crippen molar-refractivity contribution in [2.45, 2.75) is 63.5 Å². The first kappa shape index (κ1) is 13.8. The Labute approximate surface area is 109 Å². The van der Waals surface area contributed by atoms with E-state index >= 15 is 0 Å². The second-order valence-corrected chi connectivity index (χ2v) is 5.54. The minimum Gasteiger partial charge on any atom is -0.481 e. The largest absolute Gasteiger partial charge is 0.481 e. The fourth-order valence-electron chi connectivity index (χ4n) is 3.17. The Morgan fingerprint density at radius 1 is 1.11 bits per heavy atom. The maximum Gasteiger partial charge on any atom is 0.305 e. The lowest BCUT2D eigenvalue weighted by Gasteiger charge is -2.39. The van der Waals surface area contributed by atoms with Gasteiger partial charge in [0, 0.05) is 19.1 Å². The number of ether oxygens (including phenoxy) is 1. The van der Waals surface area contributed by atoms with Crippen LogP contribution in [0.2, 0.25) is 0 Å². The van der Waals surface area contributed by atoms with Gasteiger partial charge in [0.1, 0.15) is 0 Å². The standard InChI is InChI=1S/C14H25NO3/c16-14(17)8-11-18-13-6-9-15(10-7-13)12-4-2-1-3-5-12/h12-13H,1-11H2,(H,16,17). The molecule has 0 aromatic heterocycles. The lowest BCUT2D eigenvalue weighted by atomic mass is 9.92. The number of nitrogens with zero attached hydrogens (tertiary/aromatic N) is 1. The molecular formula is C14H25NO3. The van der Waals surface area contributed by atoms with Crippen molar-refractivity contribution in [3.8, 4) is 0 Å². The molecule has 0 atom stereocenters. The van der Waals surface area contributed by atoms with E-state index in [1.807, 2.05) is 0 Å². The van der Waals surface area contributed by atoms with Crippen LogP contribution < -0.4 is 0 Å². The van der Waals surface area contributed by atoms with Crippen molar-refractivity contribution in [1.82, 2.24) is 4.90 Å². The predicted octanol–water partition coefficient (Wildman–Crippen LogP) is 2.27. The van der Waals surface area contributed by atoms with E-state index in [9.17, 15) is 4.79 Å². The molecule has 1 aliphatic heterocycles. The zero-order chi connectivity index (χ0) is 12.8. The number of carbonyl (C=O) groups is 1. The quantitative estimate of drug-likeness (QED) is 0.818. The van der Waals surface area contributed by atoms with Crippen LogP contribution in [0.3, 0.4) is 0 Å². The predicted molar refractivity (Wildman–Crippen MR) is 69.7 cm³/mol. The Kier molecular flexibility index (Phi) is 5.45. The first-order valence-electron chi connectivity index (χ1n) is 7.33. The third-order valence-corrected chi connectivity index (χ3v) is 4.24. The summed E-state index contributed by atoms with van der Waals surface area (Å²) in [5.41, 5.74) is 0. The average molecular weight is 255 g/mol. The summed E-state index contributed by atoms with van der Waals surface area (Å²) < 4.78 is 5.62. The van der Waals surface area contributed by atoms with Crippen LogP contribution in [-0.2, 0) is 9.53 Å². The Hall–Kier alpha value is -0.610. The molecule has 2 rings (SSSR count). The lowest BCUT2D eigenvalue weighted by molar-refractivity contribution is -0.138. The number of hydrogen-bond donors (Lipinski definition) is 1. The molecule has 1 saturated carbocycles. The Balaban J connectivity index is 1.63. The average Bonchev–Trinajstić information content (AvgIpc) is 2.40. The summed E-state index contributed by atoms with van der Waals surface area (Å²) in [4.78, 5) is 13.0. The van der Waals surface area contributed by atoms with Crippen LogP contribution in [0.15, 0.2) is 0 Å². The normalized spacial score (nSPS) is 24.2. The molecule has 4 heteroatoms. The number of piperidine rings is 1. The van der Waals surface area contributed by atoms with Gasteiger partial charge in [0.05, 0.1) is 19.1 Å². The van der Waals surface area contributed by atoms with Gasteiger partial charge >= 0.3 is 5.97 Å². The smallest absolute Gasteiger partial charge is 0.305 e. The summed E-state index contributed by atoms with van der Waals surface area (Å²) in [6, 6.07) is 0.804. The highest BCUT2D eigenvalue weighted by Gasteiger charge is 2.26. The summed E-state index contributed by atoms with van der Waals surface area (Å²) >= 11 is 0. The van der Waals surface area contributed by atoms with Crippen molar-refractivity contribution < 1.29 is 14.6 Å². The van der Waals surface area contributed by atoms with Crippen molar-refractivity contribution in [2.75, 3.05) is 19.7 Å². The molecule has 1 saturated heterocycles. The van der Waals surface area contributed by atoms with Crippen molar-refractivity contribution >= 4 is 5.97 Å². The van der Waals surface area contributed by atoms with Crippen LogP contribution in [0.1, 0.15) is 51.4 Å². The lowest BCUT2D eigenvalue weighted by Crippen LogP contribution is -2.44. The number of carboxylic acids is 1. The summed E-state index contributed by atoms with van der Waals surface area (Å²) in [6.45, 7) is 2.62. The van der Waals surface area contributed by atoms with Gasteiger partial charge in [-0.15, -0.1) is 0 Å². The molecule has 0 aromatic carbocycles. The van der Waals surface area contributed by atoms with E-state index in [1.165, 1.54) is 32.1 Å². The molecule has 1 N–H and O–H groups in total. The van der Waals surface area contributed by atoms with Gasteiger partial charge in [-0.05, 0) is 25.7 Å². The highest BCUT2D eigenvalue weighted by atomic mass is 16.5. The monoisotopic (exact) mass is 255 g/mol. The highest BCUT2D eigenvalue weighted by molar-refractivity contribution is 5.66. The van der Waals surface area contributed by atoms with E-state index in [0.717, 1.165) is 32.0 Å². The Morgan fingerprint density at radius 3 is 2.39 bits per heavy atom. The van der Waals surface area contributed by atoms with Crippen LogP contribution in [-0.4, -0.2) is 47.8 Å². The van der Waals surface area contributed by atoms with Gasteiger partial charge in [-0.1, -0.05) is 19.3 Å². The maximum atomic E-state index is 10.4. The van der Waals surface area contributed by atoms with E-state index in [4.69, 9.17) is 9.84 Å².